The third-order valence-electron chi connectivity index (χ3n) is 1.80. The first-order valence-electron chi connectivity index (χ1n) is 4.41. The second-order valence-electron chi connectivity index (χ2n) is 2.96. The van der Waals surface area contributed by atoms with Crippen LogP contribution in [-0.4, -0.2) is 14.9 Å². The summed E-state index contributed by atoms with van der Waals surface area (Å²) in [5.41, 5.74) is 0.798. The normalized spacial score (nSPS) is 12.4. The minimum Gasteiger partial charge on any atom is -0.387 e. The molecule has 0 aliphatic heterocycles. The smallest absolute Gasteiger partial charge is 0.0929 e. The number of terminal acetylenes is 1. The maximum absolute atomic E-state index is 9.51. The molecule has 13 heavy (non-hydrogen) atoms. The van der Waals surface area contributed by atoms with Crippen LogP contribution >= 0.6 is 0 Å². The molecule has 0 aliphatic carbocycles. The number of aliphatic hydroxyl groups is 1. The van der Waals surface area contributed by atoms with E-state index in [9.17, 15) is 5.11 Å². The molecule has 0 radical (unpaired) electrons. The molecule has 1 atom stereocenters. The number of hydrogen-bond donors (Lipinski definition) is 1. The van der Waals surface area contributed by atoms with Gasteiger partial charge >= 0.3 is 0 Å². The van der Waals surface area contributed by atoms with Crippen molar-refractivity contribution in [3.8, 4) is 12.3 Å². The molecule has 3 nitrogen and oxygen atoms in total. The summed E-state index contributed by atoms with van der Waals surface area (Å²) in [5.74, 6) is 2.42. The van der Waals surface area contributed by atoms with Gasteiger partial charge in [0, 0.05) is 24.7 Å². The number of aryl methyl sites for hydroxylation is 1. The maximum Gasteiger partial charge on any atom is 0.0929 e. The summed E-state index contributed by atoms with van der Waals surface area (Å²) in [7, 11) is 0. The number of nitrogens with zero attached hydrogens (tertiary/aromatic N) is 2. The van der Waals surface area contributed by atoms with E-state index >= 15 is 0 Å². The summed E-state index contributed by atoms with van der Waals surface area (Å²) < 4.78 is 1.81. The summed E-state index contributed by atoms with van der Waals surface area (Å²) in [5, 5.41) is 13.6. The standard InChI is InChI=1S/C10H14N2O/c1-3-5-10(13)9-7-11-12(8-9)6-4-2/h1,7-8,10,13H,4-6H2,2H3. The molecule has 1 unspecified atom stereocenters. The van der Waals surface area contributed by atoms with Gasteiger partial charge in [0.2, 0.25) is 0 Å². The highest BCUT2D eigenvalue weighted by Gasteiger charge is 2.07. The highest BCUT2D eigenvalue weighted by atomic mass is 16.3. The first-order chi connectivity index (χ1) is 6.27. The summed E-state index contributed by atoms with van der Waals surface area (Å²) in [6.07, 6.45) is 9.40. The minimum atomic E-state index is -0.574. The average molecular weight is 178 g/mol. The molecule has 1 N–H and O–H groups in total. The van der Waals surface area contributed by atoms with Crippen LogP contribution in [-0.2, 0) is 6.54 Å². The molecule has 0 saturated heterocycles. The van der Waals surface area contributed by atoms with Crippen molar-refractivity contribution in [1.29, 1.82) is 0 Å². The lowest BCUT2D eigenvalue weighted by Crippen LogP contribution is -1.97. The van der Waals surface area contributed by atoms with E-state index < -0.39 is 6.10 Å². The van der Waals surface area contributed by atoms with E-state index in [1.807, 2.05) is 10.9 Å². The SMILES string of the molecule is C#CCC(O)c1cnn(CCC)c1. The third-order valence-corrected chi connectivity index (χ3v) is 1.80. The van der Waals surface area contributed by atoms with Crippen LogP contribution in [0.4, 0.5) is 0 Å². The van der Waals surface area contributed by atoms with E-state index in [-0.39, 0.29) is 0 Å². The quantitative estimate of drug-likeness (QED) is 0.707. The Hall–Kier alpha value is -1.27. The summed E-state index contributed by atoms with van der Waals surface area (Å²) in [4.78, 5) is 0. The summed E-state index contributed by atoms with van der Waals surface area (Å²) in [6, 6.07) is 0. The first kappa shape index (κ1) is 9.82. The van der Waals surface area contributed by atoms with Crippen molar-refractivity contribution in [2.75, 3.05) is 0 Å². The molecule has 1 aromatic rings. The topological polar surface area (TPSA) is 38.1 Å². The molecule has 1 aromatic heterocycles. The fraction of sp³-hybridized carbons (Fsp3) is 0.500. The van der Waals surface area contributed by atoms with Gasteiger partial charge in [0.1, 0.15) is 0 Å². The number of hydrogen-bond acceptors (Lipinski definition) is 2. The van der Waals surface area contributed by atoms with Crippen molar-refractivity contribution in [3.63, 3.8) is 0 Å². The Kier molecular flexibility index (Phi) is 3.53. The Morgan fingerprint density at radius 2 is 2.54 bits per heavy atom. The monoisotopic (exact) mass is 178 g/mol. The second-order valence-corrected chi connectivity index (χ2v) is 2.96. The molecule has 3 heteroatoms. The zero-order valence-electron chi connectivity index (χ0n) is 7.77. The highest BCUT2D eigenvalue weighted by Crippen LogP contribution is 2.14. The molecule has 0 amide bonds. The zero-order chi connectivity index (χ0) is 9.68. The van der Waals surface area contributed by atoms with E-state index in [1.165, 1.54) is 0 Å². The zero-order valence-corrected chi connectivity index (χ0v) is 7.77. The van der Waals surface area contributed by atoms with Gasteiger partial charge < -0.3 is 5.11 Å². The predicted octanol–water partition coefficient (Wildman–Crippen LogP) is 1.35. The van der Waals surface area contributed by atoms with Crippen LogP contribution in [0.5, 0.6) is 0 Å². The predicted molar refractivity (Wildman–Crippen MR) is 50.9 cm³/mol. The van der Waals surface area contributed by atoms with Gasteiger partial charge in [-0.1, -0.05) is 6.92 Å². The van der Waals surface area contributed by atoms with Crippen LogP contribution < -0.4 is 0 Å². The van der Waals surface area contributed by atoms with Gasteiger partial charge in [0.25, 0.3) is 0 Å². The van der Waals surface area contributed by atoms with E-state index in [0.29, 0.717) is 6.42 Å². The van der Waals surface area contributed by atoms with Crippen LogP contribution in [0, 0.1) is 12.3 Å². The Balaban J connectivity index is 2.63. The van der Waals surface area contributed by atoms with Crippen LogP contribution in [0.15, 0.2) is 12.4 Å². The molecule has 0 saturated carbocycles. The molecule has 70 valence electrons. The van der Waals surface area contributed by atoms with Gasteiger partial charge in [-0.25, -0.2) is 0 Å². The van der Waals surface area contributed by atoms with E-state index in [2.05, 4.69) is 17.9 Å². The maximum atomic E-state index is 9.51. The lowest BCUT2D eigenvalue weighted by atomic mass is 10.1. The van der Waals surface area contributed by atoms with Crippen LogP contribution in [0.3, 0.4) is 0 Å². The lowest BCUT2D eigenvalue weighted by molar-refractivity contribution is 0.184. The molecule has 0 aliphatic rings. The summed E-state index contributed by atoms with van der Waals surface area (Å²) >= 11 is 0. The average Bonchev–Trinajstić information content (AvgIpc) is 2.54. The van der Waals surface area contributed by atoms with E-state index in [4.69, 9.17) is 6.42 Å². The molecule has 0 spiro atoms. The first-order valence-corrected chi connectivity index (χ1v) is 4.41. The van der Waals surface area contributed by atoms with Gasteiger partial charge in [-0.2, -0.15) is 5.10 Å². The van der Waals surface area contributed by atoms with Gasteiger partial charge in [0.05, 0.1) is 12.3 Å². The molecule has 0 bridgehead atoms. The molecular formula is C10H14N2O. The van der Waals surface area contributed by atoms with Crippen LogP contribution in [0.1, 0.15) is 31.4 Å². The minimum absolute atomic E-state index is 0.345. The van der Waals surface area contributed by atoms with Crippen molar-refractivity contribution in [2.24, 2.45) is 0 Å². The Bertz CT molecular complexity index is 298. The molecule has 0 aromatic carbocycles. The van der Waals surface area contributed by atoms with Crippen LogP contribution in [0.25, 0.3) is 0 Å². The number of aromatic nitrogens is 2. The van der Waals surface area contributed by atoms with Crippen molar-refractivity contribution < 1.29 is 5.11 Å². The fourth-order valence-corrected chi connectivity index (χ4v) is 1.13. The molecule has 1 heterocycles. The summed E-state index contributed by atoms with van der Waals surface area (Å²) in [6.45, 7) is 2.96. The number of aliphatic hydroxyl groups excluding tert-OH is 1. The molecule has 1 rings (SSSR count). The fourth-order valence-electron chi connectivity index (χ4n) is 1.13. The van der Waals surface area contributed by atoms with E-state index in [0.717, 1.165) is 18.5 Å². The van der Waals surface area contributed by atoms with Gasteiger partial charge in [0.15, 0.2) is 0 Å². The van der Waals surface area contributed by atoms with Crippen molar-refractivity contribution in [3.05, 3.63) is 18.0 Å². The molecule has 0 fully saturated rings. The van der Waals surface area contributed by atoms with E-state index in [1.54, 1.807) is 6.20 Å². The third kappa shape index (κ3) is 2.60. The Morgan fingerprint density at radius 3 is 3.15 bits per heavy atom. The molecular weight excluding hydrogens is 164 g/mol. The van der Waals surface area contributed by atoms with Crippen molar-refractivity contribution >= 4 is 0 Å². The largest absolute Gasteiger partial charge is 0.387 e. The van der Waals surface area contributed by atoms with Crippen molar-refractivity contribution in [2.45, 2.75) is 32.4 Å². The highest BCUT2D eigenvalue weighted by molar-refractivity contribution is 5.10. The van der Waals surface area contributed by atoms with Crippen molar-refractivity contribution in [1.82, 2.24) is 9.78 Å². The van der Waals surface area contributed by atoms with Gasteiger partial charge in [-0.3, -0.25) is 4.68 Å². The Labute approximate surface area is 78.4 Å². The second kappa shape index (κ2) is 4.68. The number of rotatable bonds is 4. The van der Waals surface area contributed by atoms with Gasteiger partial charge in [-0.15, -0.1) is 12.3 Å². The van der Waals surface area contributed by atoms with Crippen LogP contribution in [0.2, 0.25) is 0 Å². The lowest BCUT2D eigenvalue weighted by Gasteiger charge is -2.01. The van der Waals surface area contributed by atoms with Gasteiger partial charge in [-0.05, 0) is 6.42 Å². The Morgan fingerprint density at radius 1 is 1.77 bits per heavy atom.